The molecule has 1 aromatic carbocycles. The predicted octanol–water partition coefficient (Wildman–Crippen LogP) is 5.81. The first-order valence-electron chi connectivity index (χ1n) is 8.02. The lowest BCUT2D eigenvalue weighted by molar-refractivity contribution is 0.353. The number of hydrogen-bond acceptors (Lipinski definition) is 2. The van der Waals surface area contributed by atoms with Crippen molar-refractivity contribution in [2.75, 3.05) is 14.2 Å². The highest BCUT2D eigenvalue weighted by molar-refractivity contribution is 9.09. The van der Waals surface area contributed by atoms with E-state index in [1.165, 1.54) is 56.1 Å². The van der Waals surface area contributed by atoms with Crippen molar-refractivity contribution in [1.29, 1.82) is 0 Å². The molecule has 1 aromatic rings. The number of ether oxygens (including phenoxy) is 2. The highest BCUT2D eigenvalue weighted by Crippen LogP contribution is 2.40. The summed E-state index contributed by atoms with van der Waals surface area (Å²) in [6.07, 6.45) is 9.61. The molecule has 118 valence electrons. The summed E-state index contributed by atoms with van der Waals surface area (Å²) in [6, 6.07) is 4.21. The monoisotopic (exact) mass is 354 g/mol. The Morgan fingerprint density at radius 3 is 2.19 bits per heavy atom. The molecule has 21 heavy (non-hydrogen) atoms. The van der Waals surface area contributed by atoms with E-state index in [0.29, 0.717) is 4.83 Å². The van der Waals surface area contributed by atoms with Gasteiger partial charge in [-0.05, 0) is 42.5 Å². The van der Waals surface area contributed by atoms with Crippen molar-refractivity contribution in [2.24, 2.45) is 5.92 Å². The van der Waals surface area contributed by atoms with Gasteiger partial charge in [0.2, 0.25) is 0 Å². The molecule has 2 nitrogen and oxygen atoms in total. The van der Waals surface area contributed by atoms with E-state index >= 15 is 0 Å². The van der Waals surface area contributed by atoms with Gasteiger partial charge in [0.05, 0.1) is 14.2 Å². The number of hydrogen-bond donors (Lipinski definition) is 0. The summed E-state index contributed by atoms with van der Waals surface area (Å²) in [6.45, 7) is 2.15. The second kappa shape index (κ2) is 8.07. The van der Waals surface area contributed by atoms with Gasteiger partial charge in [0.15, 0.2) is 11.5 Å². The Labute approximate surface area is 137 Å². The molecule has 0 N–H and O–H groups in total. The molecule has 1 aliphatic carbocycles. The van der Waals surface area contributed by atoms with Gasteiger partial charge < -0.3 is 9.47 Å². The van der Waals surface area contributed by atoms with E-state index in [9.17, 15) is 0 Å². The van der Waals surface area contributed by atoms with Gasteiger partial charge in [-0.3, -0.25) is 0 Å². The van der Waals surface area contributed by atoms with Crippen molar-refractivity contribution in [3.63, 3.8) is 0 Å². The van der Waals surface area contributed by atoms with Gasteiger partial charge in [-0.2, -0.15) is 0 Å². The number of rotatable bonds is 5. The first-order chi connectivity index (χ1) is 10.2. The Morgan fingerprint density at radius 1 is 1.05 bits per heavy atom. The first-order valence-corrected chi connectivity index (χ1v) is 8.94. The molecule has 0 spiro atoms. The molecule has 1 atom stereocenters. The molecule has 3 heteroatoms. The van der Waals surface area contributed by atoms with Crippen LogP contribution in [0.1, 0.15) is 60.9 Å². The largest absolute Gasteiger partial charge is 0.493 e. The average molecular weight is 355 g/mol. The van der Waals surface area contributed by atoms with E-state index in [-0.39, 0.29) is 0 Å². The number of benzene rings is 1. The van der Waals surface area contributed by atoms with Gasteiger partial charge in [-0.1, -0.05) is 54.5 Å². The van der Waals surface area contributed by atoms with Crippen LogP contribution in [0.15, 0.2) is 12.1 Å². The minimum Gasteiger partial charge on any atom is -0.493 e. The summed E-state index contributed by atoms with van der Waals surface area (Å²) in [7, 11) is 3.39. The van der Waals surface area contributed by atoms with Crippen molar-refractivity contribution in [3.05, 3.63) is 23.3 Å². The first kappa shape index (κ1) is 16.7. The summed E-state index contributed by atoms with van der Waals surface area (Å²) in [5.41, 5.74) is 2.60. The van der Waals surface area contributed by atoms with Crippen LogP contribution in [-0.4, -0.2) is 14.2 Å². The van der Waals surface area contributed by atoms with Crippen molar-refractivity contribution >= 4 is 15.9 Å². The van der Waals surface area contributed by atoms with Crippen LogP contribution < -0.4 is 9.47 Å². The summed E-state index contributed by atoms with van der Waals surface area (Å²) in [5.74, 6) is 2.49. The van der Waals surface area contributed by atoms with Crippen LogP contribution in [0.3, 0.4) is 0 Å². The highest BCUT2D eigenvalue weighted by Gasteiger charge is 2.20. The normalized spacial score (nSPS) is 18.1. The van der Waals surface area contributed by atoms with Crippen LogP contribution in [-0.2, 0) is 0 Å². The van der Waals surface area contributed by atoms with E-state index < -0.39 is 0 Å². The Balaban J connectivity index is 2.12. The van der Waals surface area contributed by atoms with E-state index in [1.54, 1.807) is 14.2 Å². The maximum Gasteiger partial charge on any atom is 0.161 e. The fraction of sp³-hybridized carbons (Fsp3) is 0.667. The molecule has 2 rings (SSSR count). The third-order valence-corrected chi connectivity index (χ3v) is 5.49. The molecule has 1 aliphatic rings. The molecular formula is C18H27BrO2. The smallest absolute Gasteiger partial charge is 0.161 e. The maximum atomic E-state index is 5.45. The predicted molar refractivity (Wildman–Crippen MR) is 91.8 cm³/mol. The minimum absolute atomic E-state index is 0.403. The molecular weight excluding hydrogens is 328 g/mol. The molecule has 0 aromatic heterocycles. The average Bonchev–Trinajstić information content (AvgIpc) is 2.75. The summed E-state index contributed by atoms with van der Waals surface area (Å²) in [5, 5.41) is 0. The molecule has 1 saturated carbocycles. The van der Waals surface area contributed by atoms with E-state index in [1.807, 2.05) is 0 Å². The summed E-state index contributed by atoms with van der Waals surface area (Å²) < 4.78 is 10.8. The van der Waals surface area contributed by atoms with Gasteiger partial charge >= 0.3 is 0 Å². The number of methoxy groups -OCH3 is 2. The third-order valence-electron chi connectivity index (χ3n) is 4.62. The molecule has 0 radical (unpaired) electrons. The van der Waals surface area contributed by atoms with Gasteiger partial charge in [0.1, 0.15) is 0 Å². The zero-order valence-electron chi connectivity index (χ0n) is 13.5. The number of alkyl halides is 1. The fourth-order valence-electron chi connectivity index (χ4n) is 3.35. The van der Waals surface area contributed by atoms with Gasteiger partial charge in [-0.25, -0.2) is 0 Å². The summed E-state index contributed by atoms with van der Waals surface area (Å²) >= 11 is 3.91. The molecule has 0 heterocycles. The Hall–Kier alpha value is -0.700. The van der Waals surface area contributed by atoms with Crippen LogP contribution >= 0.6 is 15.9 Å². The van der Waals surface area contributed by atoms with Crippen molar-refractivity contribution in [3.8, 4) is 11.5 Å². The Morgan fingerprint density at radius 2 is 1.62 bits per heavy atom. The zero-order valence-corrected chi connectivity index (χ0v) is 15.0. The molecule has 0 amide bonds. The van der Waals surface area contributed by atoms with E-state index in [0.717, 1.165) is 17.4 Å². The van der Waals surface area contributed by atoms with E-state index in [2.05, 4.69) is 35.0 Å². The quantitative estimate of drug-likeness (QED) is 0.490. The van der Waals surface area contributed by atoms with Crippen molar-refractivity contribution in [1.82, 2.24) is 0 Å². The topological polar surface area (TPSA) is 18.5 Å². The zero-order chi connectivity index (χ0) is 15.2. The Bertz CT molecular complexity index is 451. The Kier molecular flexibility index (Phi) is 6.40. The van der Waals surface area contributed by atoms with E-state index in [4.69, 9.17) is 9.47 Å². The summed E-state index contributed by atoms with van der Waals surface area (Å²) in [4.78, 5) is 0.403. The SMILES string of the molecule is COc1cc(C)c(C(Br)CC2CCCCCC2)cc1OC. The van der Waals surface area contributed by atoms with Gasteiger partial charge in [0.25, 0.3) is 0 Å². The lowest BCUT2D eigenvalue weighted by Crippen LogP contribution is -2.05. The van der Waals surface area contributed by atoms with Crippen LogP contribution in [0, 0.1) is 12.8 Å². The molecule has 1 unspecified atom stereocenters. The van der Waals surface area contributed by atoms with Crippen LogP contribution in [0.5, 0.6) is 11.5 Å². The molecule has 0 saturated heterocycles. The van der Waals surface area contributed by atoms with Crippen LogP contribution in [0.25, 0.3) is 0 Å². The second-order valence-corrected chi connectivity index (χ2v) is 7.23. The van der Waals surface area contributed by atoms with Crippen LogP contribution in [0.2, 0.25) is 0 Å². The molecule has 0 bridgehead atoms. The third kappa shape index (κ3) is 4.38. The van der Waals surface area contributed by atoms with Crippen molar-refractivity contribution < 1.29 is 9.47 Å². The molecule has 0 aliphatic heterocycles. The van der Waals surface area contributed by atoms with Crippen molar-refractivity contribution in [2.45, 2.75) is 56.7 Å². The fourth-order valence-corrected chi connectivity index (χ4v) is 4.37. The lowest BCUT2D eigenvalue weighted by Gasteiger charge is -2.21. The highest BCUT2D eigenvalue weighted by atomic mass is 79.9. The minimum atomic E-state index is 0.403. The number of halogens is 1. The molecule has 1 fully saturated rings. The second-order valence-electron chi connectivity index (χ2n) is 6.12. The van der Waals surface area contributed by atoms with Crippen LogP contribution in [0.4, 0.5) is 0 Å². The lowest BCUT2D eigenvalue weighted by atomic mass is 9.91. The number of aryl methyl sites for hydroxylation is 1. The van der Waals surface area contributed by atoms with Gasteiger partial charge in [0, 0.05) is 4.83 Å². The standard InChI is InChI=1S/C18H27BrO2/c1-13-10-17(20-2)18(21-3)12-15(13)16(19)11-14-8-6-4-5-7-9-14/h10,12,14,16H,4-9,11H2,1-3H3. The maximum absolute atomic E-state index is 5.45. The van der Waals surface area contributed by atoms with Gasteiger partial charge in [-0.15, -0.1) is 0 Å².